The molecule has 34 heavy (non-hydrogen) atoms. The van der Waals surface area contributed by atoms with Gasteiger partial charge in [0.15, 0.2) is 0 Å². The van der Waals surface area contributed by atoms with E-state index in [2.05, 4.69) is 20.2 Å². The number of carbonyl (C=O) groups is 2. The van der Waals surface area contributed by atoms with Crippen molar-refractivity contribution >= 4 is 40.2 Å². The Morgan fingerprint density at radius 3 is 2.50 bits per heavy atom. The number of fused-ring (bicyclic) bond motifs is 1. The summed E-state index contributed by atoms with van der Waals surface area (Å²) >= 11 is 0. The average Bonchev–Trinajstić information content (AvgIpc) is 3.24. The number of hydrogen-bond acceptors (Lipinski definition) is 7. The number of benzene rings is 1. The van der Waals surface area contributed by atoms with Crippen LogP contribution in [0.15, 0.2) is 30.5 Å². The molecule has 0 unspecified atom stereocenters. The number of morpholine rings is 1. The van der Waals surface area contributed by atoms with Gasteiger partial charge in [-0.1, -0.05) is 0 Å². The molecule has 0 radical (unpaired) electrons. The first-order valence-electron chi connectivity index (χ1n) is 11.6. The van der Waals surface area contributed by atoms with Crippen molar-refractivity contribution in [1.29, 1.82) is 0 Å². The van der Waals surface area contributed by atoms with Gasteiger partial charge in [0, 0.05) is 75.0 Å². The van der Waals surface area contributed by atoms with Crippen molar-refractivity contribution in [3.63, 3.8) is 0 Å². The zero-order valence-electron chi connectivity index (χ0n) is 19.5. The van der Waals surface area contributed by atoms with Gasteiger partial charge in [-0.3, -0.25) is 9.59 Å². The fourth-order valence-electron chi connectivity index (χ4n) is 4.39. The molecule has 2 N–H and O–H groups in total. The van der Waals surface area contributed by atoms with E-state index < -0.39 is 0 Å². The van der Waals surface area contributed by atoms with E-state index >= 15 is 0 Å². The van der Waals surface area contributed by atoms with Gasteiger partial charge in [0.25, 0.3) is 5.91 Å². The topological polar surface area (TPSA) is 107 Å². The van der Waals surface area contributed by atoms with Crippen molar-refractivity contribution in [2.24, 2.45) is 0 Å². The lowest BCUT2D eigenvalue weighted by atomic mass is 10.1. The second-order valence-corrected chi connectivity index (χ2v) is 8.69. The average molecular weight is 464 g/mol. The van der Waals surface area contributed by atoms with Gasteiger partial charge in [0.1, 0.15) is 11.5 Å². The molecule has 10 nitrogen and oxygen atoms in total. The highest BCUT2D eigenvalue weighted by atomic mass is 16.5. The highest BCUT2D eigenvalue weighted by molar-refractivity contribution is 6.04. The third-order valence-electron chi connectivity index (χ3n) is 6.42. The molecular formula is C24H29N7O3. The first kappa shape index (κ1) is 22.1. The van der Waals surface area contributed by atoms with E-state index in [1.165, 1.54) is 0 Å². The fourth-order valence-corrected chi connectivity index (χ4v) is 4.39. The molecule has 4 heterocycles. The quantitative estimate of drug-likeness (QED) is 0.610. The Kier molecular flexibility index (Phi) is 6.06. The van der Waals surface area contributed by atoms with Crippen LogP contribution < -0.4 is 15.1 Å². The first-order valence-corrected chi connectivity index (χ1v) is 11.6. The van der Waals surface area contributed by atoms with Crippen LogP contribution in [-0.4, -0.2) is 84.1 Å². The molecule has 3 aromatic rings. The van der Waals surface area contributed by atoms with Crippen LogP contribution in [0.2, 0.25) is 0 Å². The van der Waals surface area contributed by atoms with E-state index in [9.17, 15) is 9.59 Å². The fraction of sp³-hybridized carbons (Fsp3) is 0.417. The zero-order valence-corrected chi connectivity index (χ0v) is 19.5. The SMILES string of the molecule is CC(=O)N1CCN(c2cc(C(=O)Nc3ccc4[nH]cc(C)c4c3)nc(N3CCOCC3)n2)CC1. The van der Waals surface area contributed by atoms with Crippen molar-refractivity contribution in [1.82, 2.24) is 19.9 Å². The number of aromatic nitrogens is 3. The van der Waals surface area contributed by atoms with Crippen LogP contribution in [0.25, 0.3) is 10.9 Å². The number of piperazine rings is 1. The van der Waals surface area contributed by atoms with Gasteiger partial charge in [-0.2, -0.15) is 4.98 Å². The molecule has 0 aliphatic carbocycles. The van der Waals surface area contributed by atoms with E-state index in [4.69, 9.17) is 9.72 Å². The lowest BCUT2D eigenvalue weighted by Gasteiger charge is -2.35. The number of carbonyl (C=O) groups excluding carboxylic acids is 2. The Bertz CT molecular complexity index is 1210. The third kappa shape index (κ3) is 4.54. The van der Waals surface area contributed by atoms with Crippen LogP contribution >= 0.6 is 0 Å². The number of rotatable bonds is 4. The Hall–Kier alpha value is -3.66. The normalized spacial score (nSPS) is 16.7. The second-order valence-electron chi connectivity index (χ2n) is 8.69. The number of aromatic amines is 1. The maximum Gasteiger partial charge on any atom is 0.274 e. The number of amides is 2. The van der Waals surface area contributed by atoms with Crippen molar-refractivity contribution in [3.05, 3.63) is 41.7 Å². The number of H-pyrrole nitrogens is 1. The first-order chi connectivity index (χ1) is 16.5. The van der Waals surface area contributed by atoms with E-state index in [1.807, 2.05) is 41.1 Å². The highest BCUT2D eigenvalue weighted by Crippen LogP contribution is 2.24. The molecule has 2 aliphatic heterocycles. The van der Waals surface area contributed by atoms with Gasteiger partial charge in [-0.25, -0.2) is 4.98 Å². The molecule has 0 saturated carbocycles. The van der Waals surface area contributed by atoms with Crippen LogP contribution in [0.5, 0.6) is 0 Å². The summed E-state index contributed by atoms with van der Waals surface area (Å²) in [6, 6.07) is 7.53. The Morgan fingerprint density at radius 2 is 1.76 bits per heavy atom. The predicted octanol–water partition coefficient (Wildman–Crippen LogP) is 2.02. The molecule has 1 aromatic carbocycles. The summed E-state index contributed by atoms with van der Waals surface area (Å²) in [5, 5.41) is 4.06. The largest absolute Gasteiger partial charge is 0.378 e. The zero-order chi connectivity index (χ0) is 23.7. The van der Waals surface area contributed by atoms with Crippen molar-refractivity contribution in [3.8, 4) is 0 Å². The van der Waals surface area contributed by atoms with Gasteiger partial charge in [0.2, 0.25) is 11.9 Å². The maximum atomic E-state index is 13.3. The number of nitrogens with zero attached hydrogens (tertiary/aromatic N) is 5. The second kappa shape index (κ2) is 9.30. The third-order valence-corrected chi connectivity index (χ3v) is 6.42. The summed E-state index contributed by atoms with van der Waals surface area (Å²) in [5.41, 5.74) is 3.17. The molecule has 0 spiro atoms. The minimum absolute atomic E-state index is 0.0750. The summed E-state index contributed by atoms with van der Waals surface area (Å²) in [6.07, 6.45) is 1.95. The van der Waals surface area contributed by atoms with Crippen LogP contribution in [-0.2, 0) is 9.53 Å². The number of ether oxygens (including phenoxy) is 1. The Labute approximate surface area is 197 Å². The number of hydrogen-bond donors (Lipinski definition) is 2. The summed E-state index contributed by atoms with van der Waals surface area (Å²) in [5.74, 6) is 1.01. The molecule has 2 fully saturated rings. The number of nitrogens with one attached hydrogen (secondary N) is 2. The standard InChI is InChI=1S/C24H29N7O3/c1-16-15-25-20-4-3-18(13-19(16)20)26-23(33)21-14-22(30-7-5-29(6-8-30)17(2)32)28-24(27-21)31-9-11-34-12-10-31/h3-4,13-15,25H,5-12H2,1-2H3,(H,26,33). The highest BCUT2D eigenvalue weighted by Gasteiger charge is 2.24. The van der Waals surface area contributed by atoms with Crippen LogP contribution in [0.1, 0.15) is 23.0 Å². The Balaban J connectivity index is 1.42. The summed E-state index contributed by atoms with van der Waals surface area (Å²) in [7, 11) is 0. The minimum atomic E-state index is -0.284. The van der Waals surface area contributed by atoms with Gasteiger partial charge >= 0.3 is 0 Å². The molecule has 5 rings (SSSR count). The minimum Gasteiger partial charge on any atom is -0.378 e. The molecule has 2 saturated heterocycles. The molecule has 0 bridgehead atoms. The van der Waals surface area contributed by atoms with Crippen molar-refractivity contribution < 1.29 is 14.3 Å². The molecule has 10 heteroatoms. The number of anilines is 3. The maximum absolute atomic E-state index is 13.3. The molecule has 178 valence electrons. The van der Waals surface area contributed by atoms with Crippen LogP contribution in [0, 0.1) is 6.92 Å². The van der Waals surface area contributed by atoms with Crippen molar-refractivity contribution in [2.45, 2.75) is 13.8 Å². The summed E-state index contributed by atoms with van der Waals surface area (Å²) < 4.78 is 5.47. The molecule has 2 aliphatic rings. The van der Waals surface area contributed by atoms with Crippen molar-refractivity contribution in [2.75, 3.05) is 67.6 Å². The van der Waals surface area contributed by atoms with E-state index in [-0.39, 0.29) is 11.8 Å². The monoisotopic (exact) mass is 463 g/mol. The van der Waals surface area contributed by atoms with E-state index in [0.717, 1.165) is 16.5 Å². The smallest absolute Gasteiger partial charge is 0.274 e. The van der Waals surface area contributed by atoms with Gasteiger partial charge in [-0.15, -0.1) is 0 Å². The van der Waals surface area contributed by atoms with Gasteiger partial charge in [-0.05, 0) is 30.7 Å². The molecule has 2 aromatic heterocycles. The Morgan fingerprint density at radius 1 is 1.00 bits per heavy atom. The van der Waals surface area contributed by atoms with Crippen LogP contribution in [0.3, 0.4) is 0 Å². The molecule has 2 amide bonds. The summed E-state index contributed by atoms with van der Waals surface area (Å²) in [6.45, 7) is 8.73. The molecule has 0 atom stereocenters. The number of aryl methyl sites for hydroxylation is 1. The molecular weight excluding hydrogens is 434 g/mol. The van der Waals surface area contributed by atoms with Gasteiger partial charge < -0.3 is 29.7 Å². The predicted molar refractivity (Wildman–Crippen MR) is 131 cm³/mol. The van der Waals surface area contributed by atoms with E-state index in [1.54, 1.807) is 13.0 Å². The van der Waals surface area contributed by atoms with Crippen LogP contribution in [0.4, 0.5) is 17.5 Å². The van der Waals surface area contributed by atoms with E-state index in [0.29, 0.717) is 75.6 Å². The summed E-state index contributed by atoms with van der Waals surface area (Å²) in [4.78, 5) is 43.6. The lowest BCUT2D eigenvalue weighted by molar-refractivity contribution is -0.129. The lowest BCUT2D eigenvalue weighted by Crippen LogP contribution is -2.48. The van der Waals surface area contributed by atoms with Gasteiger partial charge in [0.05, 0.1) is 13.2 Å².